The fourth-order valence-electron chi connectivity index (χ4n) is 2.70. The van der Waals surface area contributed by atoms with Crippen LogP contribution < -0.4 is 5.73 Å². The lowest BCUT2D eigenvalue weighted by molar-refractivity contribution is 0.103. The van der Waals surface area contributed by atoms with Gasteiger partial charge in [-0.1, -0.05) is 24.7 Å². The maximum Gasteiger partial charge on any atom is 0.234 e. The van der Waals surface area contributed by atoms with Gasteiger partial charge < -0.3 is 10.5 Å². The first kappa shape index (κ1) is 14.9. The lowest BCUT2D eigenvalue weighted by atomic mass is 10.0. The fraction of sp³-hybridized carbons (Fsp3) is 0.786. The van der Waals surface area contributed by atoms with Crippen LogP contribution in [0, 0.1) is 0 Å². The van der Waals surface area contributed by atoms with Gasteiger partial charge in [-0.15, -0.1) is 10.2 Å². The van der Waals surface area contributed by atoms with Crippen LogP contribution in [0.15, 0.2) is 0 Å². The van der Waals surface area contributed by atoms with E-state index in [0.29, 0.717) is 5.92 Å². The standard InChI is InChI=1S/C14H23N5OS/c1-9(5-3-6-10(2)15)13-18-19-12(11-7-4-8-20-11)16-17-14(19)21-13/h9-11H,3-8,15H2,1-2H3. The van der Waals surface area contributed by atoms with Crippen LogP contribution >= 0.6 is 11.3 Å². The van der Waals surface area contributed by atoms with Gasteiger partial charge in [0, 0.05) is 18.6 Å². The summed E-state index contributed by atoms with van der Waals surface area (Å²) in [6, 6.07) is 0.279. The average Bonchev–Trinajstić information content (AvgIpc) is 3.13. The van der Waals surface area contributed by atoms with Crippen LogP contribution in [0.4, 0.5) is 0 Å². The second-order valence-corrected chi connectivity index (χ2v) is 6.99. The van der Waals surface area contributed by atoms with Gasteiger partial charge in [-0.25, -0.2) is 0 Å². The summed E-state index contributed by atoms with van der Waals surface area (Å²) in [5.74, 6) is 1.29. The number of hydrogen-bond donors (Lipinski definition) is 1. The minimum atomic E-state index is 0.0587. The zero-order valence-electron chi connectivity index (χ0n) is 12.7. The van der Waals surface area contributed by atoms with Gasteiger partial charge in [0.05, 0.1) is 0 Å². The Kier molecular flexibility index (Phi) is 4.51. The Bertz CT molecular complexity index is 587. The quantitative estimate of drug-likeness (QED) is 0.887. The molecule has 7 heteroatoms. The van der Waals surface area contributed by atoms with E-state index in [0.717, 1.165) is 54.5 Å². The first-order valence-electron chi connectivity index (χ1n) is 7.74. The summed E-state index contributed by atoms with van der Waals surface area (Å²) >= 11 is 1.64. The zero-order chi connectivity index (χ0) is 14.8. The fourth-order valence-corrected chi connectivity index (χ4v) is 3.63. The van der Waals surface area contributed by atoms with Gasteiger partial charge in [0.25, 0.3) is 0 Å². The third-order valence-electron chi connectivity index (χ3n) is 3.97. The maximum absolute atomic E-state index is 5.80. The summed E-state index contributed by atoms with van der Waals surface area (Å²) in [6.45, 7) is 5.09. The smallest absolute Gasteiger partial charge is 0.234 e. The van der Waals surface area contributed by atoms with Gasteiger partial charge in [-0.05, 0) is 32.6 Å². The van der Waals surface area contributed by atoms with Crippen molar-refractivity contribution in [3.05, 3.63) is 10.8 Å². The Hall–Kier alpha value is -1.05. The molecule has 3 heterocycles. The van der Waals surface area contributed by atoms with Crippen LogP contribution in [0.1, 0.15) is 68.8 Å². The molecule has 0 amide bonds. The van der Waals surface area contributed by atoms with Crippen molar-refractivity contribution in [2.75, 3.05) is 6.61 Å². The van der Waals surface area contributed by atoms with Gasteiger partial charge >= 0.3 is 0 Å². The van der Waals surface area contributed by atoms with Crippen LogP contribution in [-0.4, -0.2) is 32.5 Å². The molecule has 116 valence electrons. The minimum Gasteiger partial charge on any atom is -0.370 e. The van der Waals surface area contributed by atoms with Gasteiger partial charge in [0.1, 0.15) is 11.1 Å². The number of hydrogen-bond acceptors (Lipinski definition) is 6. The zero-order valence-corrected chi connectivity index (χ0v) is 13.5. The minimum absolute atomic E-state index is 0.0587. The predicted molar refractivity (Wildman–Crippen MR) is 82.5 cm³/mol. The van der Waals surface area contributed by atoms with E-state index in [2.05, 4.69) is 24.0 Å². The van der Waals surface area contributed by atoms with E-state index in [-0.39, 0.29) is 12.1 Å². The number of nitrogens with zero attached hydrogens (tertiary/aromatic N) is 4. The molecule has 6 nitrogen and oxygen atoms in total. The Balaban J connectivity index is 1.71. The molecule has 1 fully saturated rings. The van der Waals surface area contributed by atoms with E-state index in [1.807, 2.05) is 4.52 Å². The molecule has 0 radical (unpaired) electrons. The highest BCUT2D eigenvalue weighted by atomic mass is 32.1. The molecule has 1 saturated heterocycles. The van der Waals surface area contributed by atoms with Crippen LogP contribution in [0.25, 0.3) is 4.96 Å². The van der Waals surface area contributed by atoms with Gasteiger partial charge in [0.2, 0.25) is 4.96 Å². The van der Waals surface area contributed by atoms with E-state index in [4.69, 9.17) is 15.6 Å². The normalized spacial score (nSPS) is 22.0. The van der Waals surface area contributed by atoms with E-state index in [9.17, 15) is 0 Å². The lowest BCUT2D eigenvalue weighted by Gasteiger charge is -2.09. The van der Waals surface area contributed by atoms with Gasteiger partial charge in [-0.2, -0.15) is 9.61 Å². The molecule has 2 aromatic heterocycles. The van der Waals surface area contributed by atoms with Crippen LogP contribution in [0.5, 0.6) is 0 Å². The van der Waals surface area contributed by atoms with Gasteiger partial charge in [-0.3, -0.25) is 0 Å². The molecule has 1 aliphatic heterocycles. The second-order valence-electron chi connectivity index (χ2n) is 6.00. The first-order chi connectivity index (χ1) is 10.1. The molecule has 0 spiro atoms. The van der Waals surface area contributed by atoms with Crippen molar-refractivity contribution >= 4 is 16.3 Å². The van der Waals surface area contributed by atoms with Crippen molar-refractivity contribution in [3.63, 3.8) is 0 Å². The van der Waals surface area contributed by atoms with Crippen molar-refractivity contribution < 1.29 is 4.74 Å². The molecule has 21 heavy (non-hydrogen) atoms. The first-order valence-corrected chi connectivity index (χ1v) is 8.56. The molecule has 0 saturated carbocycles. The van der Waals surface area contributed by atoms with E-state index < -0.39 is 0 Å². The third-order valence-corrected chi connectivity index (χ3v) is 5.10. The number of fused-ring (bicyclic) bond motifs is 1. The van der Waals surface area contributed by atoms with Crippen molar-refractivity contribution in [1.82, 2.24) is 19.8 Å². The highest BCUT2D eigenvalue weighted by Gasteiger charge is 2.25. The molecular weight excluding hydrogens is 286 g/mol. The Morgan fingerprint density at radius 2 is 2.24 bits per heavy atom. The Morgan fingerprint density at radius 3 is 2.95 bits per heavy atom. The summed E-state index contributed by atoms with van der Waals surface area (Å²) in [4.78, 5) is 0.870. The summed E-state index contributed by atoms with van der Waals surface area (Å²) < 4.78 is 7.57. The van der Waals surface area contributed by atoms with E-state index in [1.165, 1.54) is 0 Å². The molecule has 3 unspecified atom stereocenters. The van der Waals surface area contributed by atoms with Crippen LogP contribution in [0.2, 0.25) is 0 Å². The third kappa shape index (κ3) is 3.25. The summed E-state index contributed by atoms with van der Waals surface area (Å²) in [5, 5.41) is 14.3. The maximum atomic E-state index is 5.80. The van der Waals surface area contributed by atoms with Crippen molar-refractivity contribution in [1.29, 1.82) is 0 Å². The van der Waals surface area contributed by atoms with Crippen molar-refractivity contribution in [2.45, 2.75) is 64.0 Å². The number of rotatable bonds is 6. The van der Waals surface area contributed by atoms with Crippen molar-refractivity contribution in [2.24, 2.45) is 5.73 Å². The van der Waals surface area contributed by atoms with E-state index >= 15 is 0 Å². The molecule has 1 aliphatic rings. The van der Waals surface area contributed by atoms with Crippen LogP contribution in [-0.2, 0) is 4.74 Å². The number of aromatic nitrogens is 4. The van der Waals surface area contributed by atoms with E-state index in [1.54, 1.807) is 11.3 Å². The monoisotopic (exact) mass is 309 g/mol. The van der Waals surface area contributed by atoms with Crippen LogP contribution in [0.3, 0.4) is 0 Å². The molecule has 3 rings (SSSR count). The van der Waals surface area contributed by atoms with Gasteiger partial charge in [0.15, 0.2) is 5.82 Å². The molecule has 0 aromatic carbocycles. The highest BCUT2D eigenvalue weighted by molar-refractivity contribution is 7.16. The lowest BCUT2D eigenvalue weighted by Crippen LogP contribution is -2.14. The average molecular weight is 309 g/mol. The SMILES string of the molecule is CC(N)CCCC(C)c1nn2c(C3CCCO3)nnc2s1. The Labute approximate surface area is 128 Å². The molecule has 0 bridgehead atoms. The molecule has 2 aromatic rings. The molecule has 0 aliphatic carbocycles. The number of nitrogens with two attached hydrogens (primary N) is 1. The predicted octanol–water partition coefficient (Wildman–Crippen LogP) is 2.66. The largest absolute Gasteiger partial charge is 0.370 e. The summed E-state index contributed by atoms with van der Waals surface area (Å²) in [7, 11) is 0. The molecule has 2 N–H and O–H groups in total. The molecule has 3 atom stereocenters. The Morgan fingerprint density at radius 1 is 1.38 bits per heavy atom. The summed E-state index contributed by atoms with van der Waals surface area (Å²) in [5.41, 5.74) is 5.80. The number of ether oxygens (including phenoxy) is 1. The van der Waals surface area contributed by atoms with Crippen molar-refractivity contribution in [3.8, 4) is 0 Å². The highest BCUT2D eigenvalue weighted by Crippen LogP contribution is 2.31. The summed E-state index contributed by atoms with van der Waals surface area (Å²) in [6.07, 6.45) is 5.47. The topological polar surface area (TPSA) is 78.3 Å². The second kappa shape index (κ2) is 6.37. The molecular formula is C14H23N5OS.